The maximum atomic E-state index is 12.1. The minimum Gasteiger partial charge on any atom is -0.508 e. The molecule has 1 amide bonds. The first-order chi connectivity index (χ1) is 12.9. The summed E-state index contributed by atoms with van der Waals surface area (Å²) in [7, 11) is 0. The third-order valence-electron chi connectivity index (χ3n) is 3.39. The fourth-order valence-corrected chi connectivity index (χ4v) is 3.31. The van der Waals surface area contributed by atoms with Crippen LogP contribution >= 0.6 is 23.4 Å². The normalized spacial score (nSPS) is 17.4. The molecule has 0 aliphatic carbocycles. The molecular weight excluding hydrogens is 390 g/mol. The maximum absolute atomic E-state index is 12.1. The number of carbonyl (C=O) groups is 1. The first kappa shape index (κ1) is 18.7. The predicted molar refractivity (Wildman–Crippen MR) is 106 cm³/mol. The zero-order chi connectivity index (χ0) is 19.4. The number of nitrogens with zero attached hydrogens (tertiary/aromatic N) is 2. The molecule has 0 radical (unpaired) electrons. The Morgan fingerprint density at radius 3 is 2.67 bits per heavy atom. The number of phenols is 1. The summed E-state index contributed by atoms with van der Waals surface area (Å²) in [5, 5.41) is 23.4. The number of nitro benzene ring substituents is 1. The van der Waals surface area contributed by atoms with Crippen molar-refractivity contribution in [3.8, 4) is 5.75 Å². The van der Waals surface area contributed by atoms with E-state index in [0.717, 1.165) is 11.8 Å². The lowest BCUT2D eigenvalue weighted by atomic mass is 10.2. The van der Waals surface area contributed by atoms with E-state index in [4.69, 9.17) is 11.6 Å². The van der Waals surface area contributed by atoms with Crippen LogP contribution in [-0.2, 0) is 4.79 Å². The number of rotatable bonds is 4. The molecule has 136 valence electrons. The number of amidine groups is 1. The van der Waals surface area contributed by atoms with Gasteiger partial charge in [0.1, 0.15) is 5.75 Å². The van der Waals surface area contributed by atoms with Crippen molar-refractivity contribution in [1.82, 2.24) is 5.32 Å². The van der Waals surface area contributed by atoms with Crippen LogP contribution in [0.15, 0.2) is 69.5 Å². The standard InChI is InChI=1S/C18H12ClN3O4S/c19-12(8-11-4-6-14(7-5-11)22(25)26)9-16-17(24)21-18(27-16)20-13-2-1-3-15(23)10-13/h1-10,23H,(H,20,21,24). The quantitative estimate of drug-likeness (QED) is 0.451. The van der Waals surface area contributed by atoms with E-state index in [9.17, 15) is 20.0 Å². The summed E-state index contributed by atoms with van der Waals surface area (Å²) in [5.41, 5.74) is 1.16. The van der Waals surface area contributed by atoms with Crippen molar-refractivity contribution >= 4 is 51.9 Å². The van der Waals surface area contributed by atoms with Crippen LogP contribution in [0.3, 0.4) is 0 Å². The summed E-state index contributed by atoms with van der Waals surface area (Å²) in [6, 6.07) is 12.2. The van der Waals surface area contributed by atoms with Crippen molar-refractivity contribution in [2.45, 2.75) is 0 Å². The molecule has 27 heavy (non-hydrogen) atoms. The van der Waals surface area contributed by atoms with E-state index in [2.05, 4.69) is 10.3 Å². The lowest BCUT2D eigenvalue weighted by Crippen LogP contribution is -2.19. The fraction of sp³-hybridized carbons (Fsp3) is 0. The van der Waals surface area contributed by atoms with Gasteiger partial charge in [0.25, 0.3) is 11.6 Å². The Labute approximate surface area is 163 Å². The average molecular weight is 402 g/mol. The largest absolute Gasteiger partial charge is 0.508 e. The summed E-state index contributed by atoms with van der Waals surface area (Å²) in [4.78, 5) is 26.9. The molecule has 1 heterocycles. The molecule has 3 rings (SSSR count). The number of hydrogen-bond donors (Lipinski definition) is 2. The Morgan fingerprint density at radius 1 is 1.26 bits per heavy atom. The maximum Gasteiger partial charge on any atom is 0.269 e. The first-order valence-electron chi connectivity index (χ1n) is 7.61. The number of benzene rings is 2. The van der Waals surface area contributed by atoms with Crippen LogP contribution in [0.5, 0.6) is 5.75 Å². The monoisotopic (exact) mass is 401 g/mol. The van der Waals surface area contributed by atoms with Crippen LogP contribution in [-0.4, -0.2) is 21.1 Å². The molecule has 9 heteroatoms. The van der Waals surface area contributed by atoms with Gasteiger partial charge in [-0.05, 0) is 53.7 Å². The summed E-state index contributed by atoms with van der Waals surface area (Å²) in [6.45, 7) is 0. The third-order valence-corrected chi connectivity index (χ3v) is 4.52. The van der Waals surface area contributed by atoms with Crippen molar-refractivity contribution in [3.63, 3.8) is 0 Å². The highest BCUT2D eigenvalue weighted by Gasteiger charge is 2.24. The number of non-ortho nitro benzene ring substituents is 1. The molecule has 2 aromatic rings. The summed E-state index contributed by atoms with van der Waals surface area (Å²) in [6.07, 6.45) is 3.09. The lowest BCUT2D eigenvalue weighted by molar-refractivity contribution is -0.384. The Kier molecular flexibility index (Phi) is 5.58. The van der Waals surface area contributed by atoms with Gasteiger partial charge in [0, 0.05) is 23.2 Å². The van der Waals surface area contributed by atoms with E-state index >= 15 is 0 Å². The topological polar surface area (TPSA) is 105 Å². The van der Waals surface area contributed by atoms with Crippen molar-refractivity contribution in [1.29, 1.82) is 0 Å². The van der Waals surface area contributed by atoms with Crippen LogP contribution in [0, 0.1) is 10.1 Å². The SMILES string of the molecule is O=C1NC(=Nc2cccc(O)c2)SC1=CC(Cl)=Cc1ccc([N+](=O)[O-])cc1. The van der Waals surface area contributed by atoms with Crippen LogP contribution in [0.4, 0.5) is 11.4 Å². The molecule has 2 aromatic carbocycles. The van der Waals surface area contributed by atoms with Crippen LogP contribution in [0.25, 0.3) is 6.08 Å². The number of phenolic OH excluding ortho intramolecular Hbond substituents is 1. The fourth-order valence-electron chi connectivity index (χ4n) is 2.18. The molecule has 0 spiro atoms. The van der Waals surface area contributed by atoms with Gasteiger partial charge in [0.15, 0.2) is 5.17 Å². The minimum absolute atomic E-state index is 0.0137. The lowest BCUT2D eigenvalue weighted by Gasteiger charge is -1.97. The van der Waals surface area contributed by atoms with E-state index in [1.807, 2.05) is 0 Å². The summed E-state index contributed by atoms with van der Waals surface area (Å²) in [5.74, 6) is -0.259. The minimum atomic E-state index is -0.482. The number of thioether (sulfide) groups is 1. The van der Waals surface area contributed by atoms with E-state index in [1.54, 1.807) is 30.3 Å². The van der Waals surface area contributed by atoms with Crippen molar-refractivity contribution < 1.29 is 14.8 Å². The third kappa shape index (κ3) is 4.96. The molecule has 0 aromatic heterocycles. The van der Waals surface area contributed by atoms with Crippen LogP contribution < -0.4 is 5.32 Å². The van der Waals surface area contributed by atoms with Crippen molar-refractivity contribution in [2.75, 3.05) is 0 Å². The highest BCUT2D eigenvalue weighted by molar-refractivity contribution is 8.18. The Morgan fingerprint density at radius 2 is 2.00 bits per heavy atom. The highest BCUT2D eigenvalue weighted by atomic mass is 35.5. The van der Waals surface area contributed by atoms with Gasteiger partial charge in [-0.25, -0.2) is 4.99 Å². The zero-order valence-electron chi connectivity index (χ0n) is 13.6. The van der Waals surface area contributed by atoms with Gasteiger partial charge in [-0.15, -0.1) is 0 Å². The number of halogens is 1. The number of allylic oxidation sites excluding steroid dienone is 2. The molecule has 0 unspecified atom stereocenters. The molecule has 0 bridgehead atoms. The number of aromatic hydroxyl groups is 1. The Bertz CT molecular complexity index is 1000. The van der Waals surface area contributed by atoms with Gasteiger partial charge in [-0.3, -0.25) is 14.9 Å². The smallest absolute Gasteiger partial charge is 0.269 e. The van der Waals surface area contributed by atoms with Crippen LogP contribution in [0.2, 0.25) is 0 Å². The molecular formula is C18H12ClN3O4S. The number of carbonyl (C=O) groups excluding carboxylic acids is 1. The number of amides is 1. The Hall–Kier alpha value is -3.10. The predicted octanol–water partition coefficient (Wildman–Crippen LogP) is 4.31. The van der Waals surface area contributed by atoms with Gasteiger partial charge in [-0.2, -0.15) is 0 Å². The Balaban J connectivity index is 1.76. The van der Waals surface area contributed by atoms with E-state index in [1.165, 1.54) is 30.3 Å². The van der Waals surface area contributed by atoms with E-state index in [0.29, 0.717) is 26.4 Å². The molecule has 0 atom stereocenters. The summed E-state index contributed by atoms with van der Waals surface area (Å²) < 4.78 is 0. The molecule has 1 fully saturated rings. The first-order valence-corrected chi connectivity index (χ1v) is 8.80. The highest BCUT2D eigenvalue weighted by Crippen LogP contribution is 2.29. The van der Waals surface area contributed by atoms with Crippen LogP contribution in [0.1, 0.15) is 5.56 Å². The zero-order valence-corrected chi connectivity index (χ0v) is 15.2. The average Bonchev–Trinajstić information content (AvgIpc) is 2.94. The number of hydrogen-bond acceptors (Lipinski definition) is 6. The molecule has 1 saturated heterocycles. The second-order valence-electron chi connectivity index (χ2n) is 5.38. The molecule has 0 saturated carbocycles. The van der Waals surface area contributed by atoms with Gasteiger partial charge in [-0.1, -0.05) is 17.7 Å². The van der Waals surface area contributed by atoms with E-state index in [-0.39, 0.29) is 17.3 Å². The summed E-state index contributed by atoms with van der Waals surface area (Å²) >= 11 is 7.30. The van der Waals surface area contributed by atoms with Crippen molar-refractivity contribution in [3.05, 3.63) is 80.2 Å². The van der Waals surface area contributed by atoms with E-state index < -0.39 is 4.92 Å². The van der Waals surface area contributed by atoms with Gasteiger partial charge in [0.05, 0.1) is 15.5 Å². The molecule has 1 aliphatic rings. The van der Waals surface area contributed by atoms with Gasteiger partial charge < -0.3 is 10.4 Å². The molecule has 2 N–H and O–H groups in total. The van der Waals surface area contributed by atoms with Gasteiger partial charge in [0.2, 0.25) is 0 Å². The number of aliphatic imine (C=N–C) groups is 1. The van der Waals surface area contributed by atoms with Crippen molar-refractivity contribution in [2.24, 2.45) is 4.99 Å². The number of nitrogens with one attached hydrogen (secondary N) is 1. The molecule has 7 nitrogen and oxygen atoms in total. The second kappa shape index (κ2) is 8.07. The van der Waals surface area contributed by atoms with Gasteiger partial charge >= 0.3 is 0 Å². The number of nitro groups is 1. The second-order valence-corrected chi connectivity index (χ2v) is 6.85. The molecule has 1 aliphatic heterocycles.